The van der Waals surface area contributed by atoms with Gasteiger partial charge in [-0.15, -0.1) is 0 Å². The van der Waals surface area contributed by atoms with Gasteiger partial charge in [-0.1, -0.05) is 42.5 Å². The molecule has 1 aliphatic heterocycles. The van der Waals surface area contributed by atoms with Gasteiger partial charge in [0.1, 0.15) is 5.82 Å². The van der Waals surface area contributed by atoms with Crippen LogP contribution in [0.15, 0.2) is 66.7 Å². The number of aromatic amines is 1. The number of carbonyl (C=O) groups excluding carboxylic acids is 1. The van der Waals surface area contributed by atoms with Crippen molar-refractivity contribution in [2.75, 3.05) is 13.1 Å². The lowest BCUT2D eigenvalue weighted by Crippen LogP contribution is -2.39. The second-order valence-electron chi connectivity index (χ2n) is 8.67. The van der Waals surface area contributed by atoms with Gasteiger partial charge in [0.15, 0.2) is 0 Å². The molecule has 0 bridgehead atoms. The van der Waals surface area contributed by atoms with Gasteiger partial charge in [-0.25, -0.2) is 4.98 Å². The standard InChI is InChI=1S/C27H28N4O/c1-19-16-22(20-8-3-2-4-9-20)17-25(28-19)21-10-7-15-31(18-21)27(32)14-13-26-29-23-11-5-6-12-24(23)30-26/h2-6,8-9,11-12,16-17,21H,7,10,13-15,18H2,1H3,(H,29,30)/t21-/m1/s1. The summed E-state index contributed by atoms with van der Waals surface area (Å²) in [6.07, 6.45) is 3.19. The second-order valence-corrected chi connectivity index (χ2v) is 8.67. The molecule has 5 rings (SSSR count). The Morgan fingerprint density at radius 2 is 1.84 bits per heavy atom. The van der Waals surface area contributed by atoms with Crippen molar-refractivity contribution >= 4 is 16.9 Å². The molecule has 3 heterocycles. The van der Waals surface area contributed by atoms with Gasteiger partial charge in [0.2, 0.25) is 5.91 Å². The third-order valence-corrected chi connectivity index (χ3v) is 6.29. The van der Waals surface area contributed by atoms with Gasteiger partial charge in [0, 0.05) is 43.2 Å². The maximum absolute atomic E-state index is 13.0. The first-order valence-electron chi connectivity index (χ1n) is 11.4. The van der Waals surface area contributed by atoms with E-state index < -0.39 is 0 Å². The molecule has 1 atom stereocenters. The Kier molecular flexibility index (Phi) is 5.71. The second kappa shape index (κ2) is 8.95. The van der Waals surface area contributed by atoms with Crippen molar-refractivity contribution < 1.29 is 4.79 Å². The minimum atomic E-state index is 0.200. The fraction of sp³-hybridized carbons (Fsp3) is 0.296. The molecule has 32 heavy (non-hydrogen) atoms. The van der Waals surface area contributed by atoms with E-state index in [9.17, 15) is 4.79 Å². The van der Waals surface area contributed by atoms with E-state index in [0.29, 0.717) is 12.8 Å². The molecule has 1 N–H and O–H groups in total. The molecule has 0 unspecified atom stereocenters. The van der Waals surface area contributed by atoms with Crippen molar-refractivity contribution in [1.82, 2.24) is 19.9 Å². The number of imidazole rings is 1. The van der Waals surface area contributed by atoms with Gasteiger partial charge in [-0.2, -0.15) is 0 Å². The van der Waals surface area contributed by atoms with E-state index >= 15 is 0 Å². The Hall–Kier alpha value is -3.47. The molecule has 4 aromatic rings. The van der Waals surface area contributed by atoms with E-state index in [0.717, 1.165) is 54.2 Å². The van der Waals surface area contributed by atoms with Gasteiger partial charge in [-0.05, 0) is 55.2 Å². The molecule has 0 aliphatic carbocycles. The number of piperidine rings is 1. The van der Waals surface area contributed by atoms with Crippen molar-refractivity contribution in [3.8, 4) is 11.1 Å². The first kappa shape index (κ1) is 20.4. The maximum Gasteiger partial charge on any atom is 0.223 e. The number of hydrogen-bond acceptors (Lipinski definition) is 3. The minimum Gasteiger partial charge on any atom is -0.342 e. The largest absolute Gasteiger partial charge is 0.342 e. The molecular weight excluding hydrogens is 396 g/mol. The van der Waals surface area contributed by atoms with Crippen molar-refractivity contribution in [3.05, 3.63) is 83.9 Å². The number of rotatable bonds is 5. The molecule has 1 amide bonds. The Labute approximate surface area is 188 Å². The summed E-state index contributed by atoms with van der Waals surface area (Å²) in [5.74, 6) is 1.35. The lowest BCUT2D eigenvalue weighted by molar-refractivity contribution is -0.132. The summed E-state index contributed by atoms with van der Waals surface area (Å²) in [5.41, 5.74) is 6.49. The summed E-state index contributed by atoms with van der Waals surface area (Å²) in [6, 6.07) is 22.7. The van der Waals surface area contributed by atoms with Gasteiger partial charge in [0.25, 0.3) is 0 Å². The molecule has 0 radical (unpaired) electrons. The highest BCUT2D eigenvalue weighted by Gasteiger charge is 2.26. The number of para-hydroxylation sites is 2. The fourth-order valence-electron chi connectivity index (χ4n) is 4.65. The number of pyridine rings is 1. The number of H-pyrrole nitrogens is 1. The van der Waals surface area contributed by atoms with Crippen LogP contribution in [0.1, 0.15) is 42.4 Å². The van der Waals surface area contributed by atoms with Crippen LogP contribution in [0, 0.1) is 6.92 Å². The average Bonchev–Trinajstić information content (AvgIpc) is 3.26. The number of nitrogens with zero attached hydrogens (tertiary/aromatic N) is 3. The third kappa shape index (κ3) is 4.42. The smallest absolute Gasteiger partial charge is 0.223 e. The Morgan fingerprint density at radius 1 is 1.03 bits per heavy atom. The first-order chi connectivity index (χ1) is 15.7. The van der Waals surface area contributed by atoms with Crippen molar-refractivity contribution in [2.24, 2.45) is 0 Å². The number of aryl methyl sites for hydroxylation is 2. The number of nitrogens with one attached hydrogen (secondary N) is 1. The van der Waals surface area contributed by atoms with E-state index in [4.69, 9.17) is 4.98 Å². The van der Waals surface area contributed by atoms with Crippen LogP contribution in [-0.4, -0.2) is 38.8 Å². The summed E-state index contributed by atoms with van der Waals surface area (Å²) < 4.78 is 0. The Morgan fingerprint density at radius 3 is 2.69 bits per heavy atom. The fourth-order valence-corrected chi connectivity index (χ4v) is 4.65. The zero-order valence-electron chi connectivity index (χ0n) is 18.4. The number of carbonyl (C=O) groups is 1. The highest BCUT2D eigenvalue weighted by atomic mass is 16.2. The van der Waals surface area contributed by atoms with Gasteiger partial charge in [0.05, 0.1) is 11.0 Å². The van der Waals surface area contributed by atoms with Crippen molar-refractivity contribution in [3.63, 3.8) is 0 Å². The molecule has 0 spiro atoms. The number of likely N-dealkylation sites (tertiary alicyclic amines) is 1. The summed E-state index contributed by atoms with van der Waals surface area (Å²) in [7, 11) is 0. The molecule has 2 aromatic heterocycles. The Bertz CT molecular complexity index is 1200. The van der Waals surface area contributed by atoms with E-state index in [1.54, 1.807) is 0 Å². The summed E-state index contributed by atoms with van der Waals surface area (Å²) in [5, 5.41) is 0. The maximum atomic E-state index is 13.0. The first-order valence-corrected chi connectivity index (χ1v) is 11.4. The summed E-state index contributed by atoms with van der Waals surface area (Å²) in [4.78, 5) is 27.8. The zero-order chi connectivity index (χ0) is 21.9. The van der Waals surface area contributed by atoms with E-state index in [2.05, 4.69) is 53.3 Å². The van der Waals surface area contributed by atoms with Crippen LogP contribution in [0.2, 0.25) is 0 Å². The summed E-state index contributed by atoms with van der Waals surface area (Å²) in [6.45, 7) is 3.62. The quantitative estimate of drug-likeness (QED) is 0.475. The van der Waals surface area contributed by atoms with Crippen LogP contribution < -0.4 is 0 Å². The number of fused-ring (bicyclic) bond motifs is 1. The lowest BCUT2D eigenvalue weighted by Gasteiger charge is -2.33. The monoisotopic (exact) mass is 424 g/mol. The van der Waals surface area contributed by atoms with Crippen LogP contribution in [0.25, 0.3) is 22.2 Å². The van der Waals surface area contributed by atoms with E-state index in [1.807, 2.05) is 35.2 Å². The number of aromatic nitrogens is 3. The molecule has 0 saturated carbocycles. The molecule has 5 nitrogen and oxygen atoms in total. The SMILES string of the molecule is Cc1cc(-c2ccccc2)cc([C@@H]2CCCN(C(=O)CCc3nc4ccccc4[nH]3)C2)n1. The predicted octanol–water partition coefficient (Wildman–Crippen LogP) is 5.27. The zero-order valence-corrected chi connectivity index (χ0v) is 18.4. The number of hydrogen-bond donors (Lipinski definition) is 1. The molecule has 5 heteroatoms. The average molecular weight is 425 g/mol. The van der Waals surface area contributed by atoms with Crippen LogP contribution in [0.4, 0.5) is 0 Å². The third-order valence-electron chi connectivity index (χ3n) is 6.29. The highest BCUT2D eigenvalue weighted by Crippen LogP contribution is 2.30. The van der Waals surface area contributed by atoms with E-state index in [1.165, 1.54) is 11.1 Å². The number of benzene rings is 2. The van der Waals surface area contributed by atoms with Gasteiger partial charge >= 0.3 is 0 Å². The number of amides is 1. The predicted molar refractivity (Wildman–Crippen MR) is 127 cm³/mol. The molecule has 1 saturated heterocycles. The van der Waals surface area contributed by atoms with Crippen LogP contribution in [0.3, 0.4) is 0 Å². The summed E-state index contributed by atoms with van der Waals surface area (Å²) >= 11 is 0. The molecule has 162 valence electrons. The van der Waals surface area contributed by atoms with E-state index in [-0.39, 0.29) is 11.8 Å². The van der Waals surface area contributed by atoms with Gasteiger partial charge in [-0.3, -0.25) is 9.78 Å². The van der Waals surface area contributed by atoms with Crippen LogP contribution >= 0.6 is 0 Å². The van der Waals surface area contributed by atoms with Crippen molar-refractivity contribution in [1.29, 1.82) is 0 Å². The normalized spacial score (nSPS) is 16.4. The van der Waals surface area contributed by atoms with Crippen LogP contribution in [0.5, 0.6) is 0 Å². The lowest BCUT2D eigenvalue weighted by atomic mass is 9.92. The Balaban J connectivity index is 1.27. The molecule has 2 aromatic carbocycles. The van der Waals surface area contributed by atoms with Gasteiger partial charge < -0.3 is 9.88 Å². The van der Waals surface area contributed by atoms with Crippen molar-refractivity contribution in [2.45, 2.75) is 38.5 Å². The molecule has 1 fully saturated rings. The highest BCUT2D eigenvalue weighted by molar-refractivity contribution is 5.77. The topological polar surface area (TPSA) is 61.9 Å². The minimum absolute atomic E-state index is 0.200. The van der Waals surface area contributed by atoms with Crippen LogP contribution in [-0.2, 0) is 11.2 Å². The molecular formula is C27H28N4O. The molecule has 1 aliphatic rings.